The summed E-state index contributed by atoms with van der Waals surface area (Å²) in [6, 6.07) is 0. The van der Waals surface area contributed by atoms with Gasteiger partial charge in [-0.05, 0) is 19.3 Å². The number of unbranched alkanes of at least 4 members (excludes halogenated alkanes) is 2. The van der Waals surface area contributed by atoms with Crippen LogP contribution in [0.1, 0.15) is 38.5 Å². The second-order valence-electron chi connectivity index (χ2n) is 4.00. The Morgan fingerprint density at radius 3 is 2.69 bits per heavy atom. The molecular weight excluding hydrogens is 206 g/mol. The maximum atomic E-state index is 11.4. The van der Waals surface area contributed by atoms with Crippen molar-refractivity contribution in [1.29, 1.82) is 0 Å². The lowest BCUT2D eigenvalue weighted by Crippen LogP contribution is -2.23. The molecule has 1 heterocycles. The number of hydrogen-bond acceptors (Lipinski definition) is 3. The first-order valence-corrected chi connectivity index (χ1v) is 5.70. The van der Waals surface area contributed by atoms with E-state index < -0.39 is 0 Å². The molecule has 0 saturated carbocycles. The average molecular weight is 225 g/mol. The number of hydrogen-bond donors (Lipinski definition) is 0. The van der Waals surface area contributed by atoms with Crippen LogP contribution in [0.5, 0.6) is 0 Å². The molecule has 0 N–H and O–H groups in total. The average Bonchev–Trinajstić information content (AvgIpc) is 2.59. The van der Waals surface area contributed by atoms with E-state index in [4.69, 9.17) is 0 Å². The van der Waals surface area contributed by atoms with E-state index in [1.54, 1.807) is 4.90 Å². The summed E-state index contributed by atoms with van der Waals surface area (Å²) < 4.78 is 4.55. The molecule has 0 radical (unpaired) electrons. The Labute approximate surface area is 96.3 Å². The van der Waals surface area contributed by atoms with Gasteiger partial charge in [-0.15, -0.1) is 0 Å². The van der Waals surface area contributed by atoms with Gasteiger partial charge in [0.1, 0.15) is 0 Å². The molecule has 90 valence electrons. The molecule has 16 heavy (non-hydrogen) atoms. The first-order valence-electron chi connectivity index (χ1n) is 5.70. The molecule has 4 heteroatoms. The SMILES string of the molecule is C=C1CCC(=O)N1CCCCCC(=O)OC. The fourth-order valence-corrected chi connectivity index (χ4v) is 1.80. The fraction of sp³-hybridized carbons (Fsp3) is 0.667. The van der Waals surface area contributed by atoms with Crippen molar-refractivity contribution in [1.82, 2.24) is 4.90 Å². The second-order valence-corrected chi connectivity index (χ2v) is 4.00. The van der Waals surface area contributed by atoms with Gasteiger partial charge in [-0.2, -0.15) is 0 Å². The number of methoxy groups -OCH3 is 1. The predicted molar refractivity (Wildman–Crippen MR) is 60.6 cm³/mol. The van der Waals surface area contributed by atoms with Gasteiger partial charge in [0.15, 0.2) is 0 Å². The third-order valence-electron chi connectivity index (χ3n) is 2.80. The number of amides is 1. The van der Waals surface area contributed by atoms with Gasteiger partial charge in [0.2, 0.25) is 5.91 Å². The van der Waals surface area contributed by atoms with E-state index in [1.807, 2.05) is 0 Å². The lowest BCUT2D eigenvalue weighted by molar-refractivity contribution is -0.140. The smallest absolute Gasteiger partial charge is 0.305 e. The quantitative estimate of drug-likeness (QED) is 0.512. The third-order valence-corrected chi connectivity index (χ3v) is 2.80. The van der Waals surface area contributed by atoms with E-state index in [1.165, 1.54) is 7.11 Å². The summed E-state index contributed by atoms with van der Waals surface area (Å²) in [5.74, 6) is 0.0135. The zero-order chi connectivity index (χ0) is 12.0. The molecule has 1 amide bonds. The topological polar surface area (TPSA) is 46.6 Å². The van der Waals surface area contributed by atoms with Crippen molar-refractivity contribution < 1.29 is 14.3 Å². The van der Waals surface area contributed by atoms with Gasteiger partial charge < -0.3 is 9.64 Å². The minimum Gasteiger partial charge on any atom is -0.469 e. The molecule has 1 rings (SSSR count). The molecule has 0 aromatic carbocycles. The summed E-state index contributed by atoms with van der Waals surface area (Å²) in [5.41, 5.74) is 0.929. The van der Waals surface area contributed by atoms with Crippen LogP contribution in [0, 0.1) is 0 Å². The number of nitrogens with zero attached hydrogens (tertiary/aromatic N) is 1. The molecule has 0 aromatic heterocycles. The van der Waals surface area contributed by atoms with Crippen LogP contribution < -0.4 is 0 Å². The second kappa shape index (κ2) is 6.30. The molecule has 0 unspecified atom stereocenters. The number of likely N-dealkylation sites (tertiary alicyclic amines) is 1. The lowest BCUT2D eigenvalue weighted by Gasteiger charge is -2.16. The van der Waals surface area contributed by atoms with E-state index in [2.05, 4.69) is 11.3 Å². The molecule has 0 aliphatic carbocycles. The summed E-state index contributed by atoms with van der Waals surface area (Å²) in [6.45, 7) is 4.59. The fourth-order valence-electron chi connectivity index (χ4n) is 1.80. The number of ether oxygens (including phenoxy) is 1. The summed E-state index contributed by atoms with van der Waals surface area (Å²) in [4.78, 5) is 24.0. The summed E-state index contributed by atoms with van der Waals surface area (Å²) in [7, 11) is 1.40. The number of esters is 1. The minimum absolute atomic E-state index is 0.165. The van der Waals surface area contributed by atoms with E-state index in [0.717, 1.165) is 37.9 Å². The van der Waals surface area contributed by atoms with Crippen LogP contribution in [0.3, 0.4) is 0 Å². The van der Waals surface area contributed by atoms with Crippen molar-refractivity contribution >= 4 is 11.9 Å². The Kier molecular flexibility index (Phi) is 5.02. The van der Waals surface area contributed by atoms with Crippen LogP contribution in [0.25, 0.3) is 0 Å². The molecule has 1 aliphatic heterocycles. The molecular formula is C12H19NO3. The summed E-state index contributed by atoms with van der Waals surface area (Å²) in [6.07, 6.45) is 4.53. The number of rotatable bonds is 6. The van der Waals surface area contributed by atoms with Crippen LogP contribution in [0.4, 0.5) is 0 Å². The van der Waals surface area contributed by atoms with Gasteiger partial charge in [0.25, 0.3) is 0 Å². The van der Waals surface area contributed by atoms with Crippen LogP contribution in [0.2, 0.25) is 0 Å². The predicted octanol–water partition coefficient (Wildman–Crippen LogP) is 1.86. The molecule has 1 saturated heterocycles. The molecule has 0 aromatic rings. The van der Waals surface area contributed by atoms with Crippen LogP contribution in [-0.4, -0.2) is 30.4 Å². The van der Waals surface area contributed by atoms with E-state index in [0.29, 0.717) is 12.8 Å². The molecule has 0 spiro atoms. The van der Waals surface area contributed by atoms with Gasteiger partial charge >= 0.3 is 5.97 Å². The molecule has 1 fully saturated rings. The van der Waals surface area contributed by atoms with Gasteiger partial charge in [0.05, 0.1) is 7.11 Å². The zero-order valence-corrected chi connectivity index (χ0v) is 9.83. The largest absolute Gasteiger partial charge is 0.469 e. The normalized spacial score (nSPS) is 15.7. The molecule has 0 atom stereocenters. The van der Waals surface area contributed by atoms with Crippen LogP contribution >= 0.6 is 0 Å². The van der Waals surface area contributed by atoms with Crippen molar-refractivity contribution in [3.05, 3.63) is 12.3 Å². The van der Waals surface area contributed by atoms with Gasteiger partial charge in [0, 0.05) is 25.1 Å². The highest BCUT2D eigenvalue weighted by molar-refractivity contribution is 5.81. The maximum Gasteiger partial charge on any atom is 0.305 e. The first kappa shape index (κ1) is 12.7. The molecule has 0 bridgehead atoms. The Balaban J connectivity index is 2.09. The maximum absolute atomic E-state index is 11.4. The molecule has 4 nitrogen and oxygen atoms in total. The number of carbonyl (C=O) groups is 2. The highest BCUT2D eigenvalue weighted by Gasteiger charge is 2.22. The van der Waals surface area contributed by atoms with Crippen LogP contribution in [-0.2, 0) is 14.3 Å². The standard InChI is InChI=1S/C12H19NO3/c1-10-7-8-11(14)13(10)9-5-3-4-6-12(15)16-2/h1,3-9H2,2H3. The number of carbonyl (C=O) groups excluding carboxylic acids is 2. The van der Waals surface area contributed by atoms with Gasteiger partial charge in [-0.3, -0.25) is 9.59 Å². The zero-order valence-electron chi connectivity index (χ0n) is 9.83. The van der Waals surface area contributed by atoms with Crippen molar-refractivity contribution in [2.45, 2.75) is 38.5 Å². The Morgan fingerprint density at radius 2 is 2.12 bits per heavy atom. The van der Waals surface area contributed by atoms with Crippen molar-refractivity contribution in [2.24, 2.45) is 0 Å². The summed E-state index contributed by atoms with van der Waals surface area (Å²) in [5, 5.41) is 0. The number of allylic oxidation sites excluding steroid dienone is 1. The van der Waals surface area contributed by atoms with Gasteiger partial charge in [-0.1, -0.05) is 13.0 Å². The molecule has 1 aliphatic rings. The van der Waals surface area contributed by atoms with Gasteiger partial charge in [-0.25, -0.2) is 0 Å². The Hall–Kier alpha value is -1.32. The monoisotopic (exact) mass is 225 g/mol. The summed E-state index contributed by atoms with van der Waals surface area (Å²) >= 11 is 0. The van der Waals surface area contributed by atoms with E-state index in [-0.39, 0.29) is 11.9 Å². The lowest BCUT2D eigenvalue weighted by atomic mass is 10.2. The van der Waals surface area contributed by atoms with E-state index >= 15 is 0 Å². The van der Waals surface area contributed by atoms with E-state index in [9.17, 15) is 9.59 Å². The highest BCUT2D eigenvalue weighted by Crippen LogP contribution is 2.20. The first-order chi connectivity index (χ1) is 7.65. The minimum atomic E-state index is -0.165. The van der Waals surface area contributed by atoms with Crippen LogP contribution in [0.15, 0.2) is 12.3 Å². The Morgan fingerprint density at radius 1 is 1.38 bits per heavy atom. The van der Waals surface area contributed by atoms with Crippen molar-refractivity contribution in [3.63, 3.8) is 0 Å². The van der Waals surface area contributed by atoms with Crippen molar-refractivity contribution in [2.75, 3.05) is 13.7 Å². The third kappa shape index (κ3) is 3.68. The van der Waals surface area contributed by atoms with Crippen molar-refractivity contribution in [3.8, 4) is 0 Å². The highest BCUT2D eigenvalue weighted by atomic mass is 16.5. The Bertz CT molecular complexity index is 270.